The van der Waals surface area contributed by atoms with Crippen LogP contribution in [0, 0.1) is 16.7 Å². The Morgan fingerprint density at radius 1 is 1.13 bits per heavy atom. The van der Waals surface area contributed by atoms with Gasteiger partial charge in [0.15, 0.2) is 17.3 Å². The number of methoxy groups -OCH3 is 2. The molecule has 198 valence electrons. The van der Waals surface area contributed by atoms with Crippen LogP contribution in [0.5, 0.6) is 11.5 Å². The van der Waals surface area contributed by atoms with Gasteiger partial charge in [0, 0.05) is 23.4 Å². The first kappa shape index (κ1) is 27.3. The zero-order chi connectivity index (χ0) is 27.4. The molecule has 2 aliphatic rings. The predicted octanol–water partition coefficient (Wildman–Crippen LogP) is 5.70. The number of Topliss-reactive ketones (excluding diaryl/α,β-unsaturated/α-hetero) is 1. The summed E-state index contributed by atoms with van der Waals surface area (Å²) < 4.78 is 10.9. The molecule has 2 N–H and O–H groups in total. The second kappa shape index (κ2) is 11.4. The number of hydrogen-bond acceptors (Lipinski definition) is 7. The van der Waals surface area contributed by atoms with E-state index in [2.05, 4.69) is 37.5 Å². The van der Waals surface area contributed by atoms with Crippen LogP contribution in [-0.2, 0) is 16.0 Å². The highest BCUT2D eigenvalue weighted by Crippen LogP contribution is 2.48. The van der Waals surface area contributed by atoms with Crippen LogP contribution in [0.1, 0.15) is 50.7 Å². The fourth-order valence-electron chi connectivity index (χ4n) is 5.01. The number of aryl methyl sites for hydroxylation is 1. The number of thioether (sulfide) groups is 1. The first-order valence-corrected chi connectivity index (χ1v) is 13.6. The molecule has 1 heterocycles. The van der Waals surface area contributed by atoms with Crippen molar-refractivity contribution in [3.63, 3.8) is 0 Å². The van der Waals surface area contributed by atoms with Gasteiger partial charge in [-0.05, 0) is 53.6 Å². The third kappa shape index (κ3) is 5.73. The number of nitrogens with one attached hydrogen (secondary N) is 2. The summed E-state index contributed by atoms with van der Waals surface area (Å²) in [4.78, 5) is 26.2. The Hall–Kier alpha value is -3.70. The van der Waals surface area contributed by atoms with Crippen molar-refractivity contribution in [3.05, 3.63) is 75.5 Å². The number of carbonyl (C=O) groups is 2. The Morgan fingerprint density at radius 3 is 2.47 bits per heavy atom. The topological polar surface area (TPSA) is 100 Å². The standard InChI is InChI=1S/C30H33N3O4S/c1-6-18-7-10-20(11-8-18)32-26(35)17-38-29-21(16-31)27(19-9-12-24(36-4)25(13-19)37-5)28-22(33-29)14-30(2,3)15-23(28)34/h7-13,27,33H,6,14-15,17H2,1-5H3,(H,32,35)/t27-/m0/s1. The molecule has 2 aromatic carbocycles. The quantitative estimate of drug-likeness (QED) is 0.450. The molecule has 1 aliphatic heterocycles. The minimum absolute atomic E-state index is 0.0219. The summed E-state index contributed by atoms with van der Waals surface area (Å²) in [6, 6.07) is 15.6. The molecule has 0 unspecified atom stereocenters. The third-order valence-corrected chi connectivity index (χ3v) is 7.88. The molecule has 0 aromatic heterocycles. The summed E-state index contributed by atoms with van der Waals surface area (Å²) in [6.07, 6.45) is 1.99. The van der Waals surface area contributed by atoms with Gasteiger partial charge in [0.2, 0.25) is 5.91 Å². The van der Waals surface area contributed by atoms with Crippen LogP contribution >= 0.6 is 11.8 Å². The van der Waals surface area contributed by atoms with Crippen molar-refractivity contribution < 1.29 is 19.1 Å². The number of allylic oxidation sites excluding steroid dienone is 3. The van der Waals surface area contributed by atoms with Gasteiger partial charge in [-0.2, -0.15) is 5.26 Å². The summed E-state index contributed by atoms with van der Waals surface area (Å²) in [5.41, 5.74) is 4.30. The second-order valence-electron chi connectivity index (χ2n) is 10.2. The van der Waals surface area contributed by atoms with Gasteiger partial charge < -0.3 is 20.1 Å². The molecule has 1 aliphatic carbocycles. The monoisotopic (exact) mass is 531 g/mol. The van der Waals surface area contributed by atoms with E-state index < -0.39 is 5.92 Å². The molecule has 38 heavy (non-hydrogen) atoms. The minimum Gasteiger partial charge on any atom is -0.493 e. The largest absolute Gasteiger partial charge is 0.493 e. The van der Waals surface area contributed by atoms with Crippen molar-refractivity contribution in [3.8, 4) is 17.6 Å². The molecular formula is C30H33N3O4S. The number of hydrogen-bond donors (Lipinski definition) is 2. The van der Waals surface area contributed by atoms with Crippen LogP contribution in [-0.4, -0.2) is 31.7 Å². The van der Waals surface area contributed by atoms with Crippen molar-refractivity contribution in [2.45, 2.75) is 46.0 Å². The number of anilines is 1. The van der Waals surface area contributed by atoms with Crippen molar-refractivity contribution in [1.29, 1.82) is 5.26 Å². The van der Waals surface area contributed by atoms with Gasteiger partial charge in [0.05, 0.1) is 42.6 Å². The van der Waals surface area contributed by atoms with Crippen LogP contribution in [0.25, 0.3) is 0 Å². The number of ketones is 1. The number of nitriles is 1. The van der Waals surface area contributed by atoms with E-state index in [9.17, 15) is 14.9 Å². The Morgan fingerprint density at radius 2 is 1.84 bits per heavy atom. The van der Waals surface area contributed by atoms with Crippen LogP contribution in [0.15, 0.2) is 64.3 Å². The lowest BCUT2D eigenvalue weighted by atomic mass is 9.69. The SMILES string of the molecule is CCc1ccc(NC(=O)CSC2=C(C#N)[C@H](c3ccc(OC)c(OC)c3)C3=C(CC(C)(C)CC3=O)N2)cc1. The smallest absolute Gasteiger partial charge is 0.234 e. The number of carbonyl (C=O) groups excluding carboxylic acids is 2. The average Bonchev–Trinajstić information content (AvgIpc) is 2.90. The Labute approximate surface area is 228 Å². The highest BCUT2D eigenvalue weighted by atomic mass is 32.2. The van der Waals surface area contributed by atoms with Crippen LogP contribution in [0.3, 0.4) is 0 Å². The molecule has 0 spiro atoms. The van der Waals surface area contributed by atoms with E-state index in [1.54, 1.807) is 20.3 Å². The Bertz CT molecular complexity index is 1350. The molecule has 0 fully saturated rings. The number of nitrogens with zero attached hydrogens (tertiary/aromatic N) is 1. The van der Waals surface area contributed by atoms with Gasteiger partial charge in [0.25, 0.3) is 0 Å². The van der Waals surface area contributed by atoms with Gasteiger partial charge in [0.1, 0.15) is 0 Å². The van der Waals surface area contributed by atoms with Crippen molar-refractivity contribution in [2.24, 2.45) is 5.41 Å². The number of amides is 1. The summed E-state index contributed by atoms with van der Waals surface area (Å²) >= 11 is 1.27. The van der Waals surface area contributed by atoms with E-state index in [1.807, 2.05) is 36.4 Å². The number of ether oxygens (including phenoxy) is 2. The lowest BCUT2D eigenvalue weighted by Gasteiger charge is -2.39. The maximum absolute atomic E-state index is 13.4. The molecule has 4 rings (SSSR count). The molecule has 0 saturated heterocycles. The molecule has 7 nitrogen and oxygen atoms in total. The van der Waals surface area contributed by atoms with Gasteiger partial charge in [-0.3, -0.25) is 9.59 Å². The molecular weight excluding hydrogens is 498 g/mol. The van der Waals surface area contributed by atoms with Gasteiger partial charge in [-0.15, -0.1) is 0 Å². The summed E-state index contributed by atoms with van der Waals surface area (Å²) in [7, 11) is 3.12. The second-order valence-corrected chi connectivity index (χ2v) is 11.2. The van der Waals surface area contributed by atoms with E-state index in [0.29, 0.717) is 40.5 Å². The fourth-order valence-corrected chi connectivity index (χ4v) is 5.88. The maximum atomic E-state index is 13.4. The van der Waals surface area contributed by atoms with Gasteiger partial charge in [-0.25, -0.2) is 0 Å². The highest BCUT2D eigenvalue weighted by Gasteiger charge is 2.42. The van der Waals surface area contributed by atoms with Crippen molar-refractivity contribution in [1.82, 2.24) is 5.32 Å². The van der Waals surface area contributed by atoms with E-state index in [-0.39, 0.29) is 22.9 Å². The molecule has 1 amide bonds. The molecule has 2 aromatic rings. The normalized spacial score (nSPS) is 18.3. The fraction of sp³-hybridized carbons (Fsp3) is 0.367. The van der Waals surface area contributed by atoms with Crippen molar-refractivity contribution in [2.75, 3.05) is 25.3 Å². The first-order chi connectivity index (χ1) is 18.2. The molecule has 1 atom stereocenters. The lowest BCUT2D eigenvalue weighted by molar-refractivity contribution is -0.118. The summed E-state index contributed by atoms with van der Waals surface area (Å²) in [5, 5.41) is 17.2. The van der Waals surface area contributed by atoms with E-state index >= 15 is 0 Å². The zero-order valence-corrected chi connectivity index (χ0v) is 23.3. The first-order valence-electron chi connectivity index (χ1n) is 12.6. The average molecular weight is 532 g/mol. The van der Waals surface area contributed by atoms with E-state index in [0.717, 1.165) is 23.4 Å². The third-order valence-electron chi connectivity index (χ3n) is 6.86. The van der Waals surface area contributed by atoms with Gasteiger partial charge in [-0.1, -0.05) is 50.7 Å². The molecule has 8 heteroatoms. The van der Waals surface area contributed by atoms with E-state index in [1.165, 1.54) is 17.3 Å². The van der Waals surface area contributed by atoms with Crippen molar-refractivity contribution >= 4 is 29.1 Å². The van der Waals surface area contributed by atoms with E-state index in [4.69, 9.17) is 9.47 Å². The lowest BCUT2D eigenvalue weighted by Crippen LogP contribution is -2.37. The Balaban J connectivity index is 1.67. The number of rotatable bonds is 8. The van der Waals surface area contributed by atoms with Crippen LogP contribution < -0.4 is 20.1 Å². The number of dihydropyridines is 1. The molecule has 0 bridgehead atoms. The van der Waals surface area contributed by atoms with Crippen LogP contribution in [0.2, 0.25) is 0 Å². The molecule has 0 saturated carbocycles. The number of benzene rings is 2. The zero-order valence-electron chi connectivity index (χ0n) is 22.4. The highest BCUT2D eigenvalue weighted by molar-refractivity contribution is 8.03. The predicted molar refractivity (Wildman–Crippen MR) is 150 cm³/mol. The Kier molecular flexibility index (Phi) is 8.17. The van der Waals surface area contributed by atoms with Gasteiger partial charge >= 0.3 is 0 Å². The summed E-state index contributed by atoms with van der Waals surface area (Å²) in [6.45, 7) is 6.21. The summed E-state index contributed by atoms with van der Waals surface area (Å²) in [5.74, 6) is 0.487. The molecule has 0 radical (unpaired) electrons. The maximum Gasteiger partial charge on any atom is 0.234 e. The van der Waals surface area contributed by atoms with Crippen LogP contribution in [0.4, 0.5) is 5.69 Å². The minimum atomic E-state index is -0.563.